The average molecular weight is 221 g/mol. The van der Waals surface area contributed by atoms with Gasteiger partial charge in [0.2, 0.25) is 0 Å². The molecule has 1 aromatic heterocycles. The first-order valence-corrected chi connectivity index (χ1v) is 5.77. The zero-order valence-electron chi connectivity index (χ0n) is 9.65. The Kier molecular flexibility index (Phi) is 3.29. The lowest BCUT2D eigenvalue weighted by molar-refractivity contribution is 0.0597. The van der Waals surface area contributed by atoms with Crippen LogP contribution in [0.25, 0.3) is 0 Å². The van der Waals surface area contributed by atoms with Gasteiger partial charge in [0, 0.05) is 19.4 Å². The number of rotatable bonds is 2. The number of hydrogen-bond acceptors (Lipinski definition) is 4. The molecule has 1 atom stereocenters. The maximum absolute atomic E-state index is 5.97. The predicted octanol–water partition coefficient (Wildman–Crippen LogP) is 1.78. The molecule has 0 radical (unpaired) electrons. The minimum atomic E-state index is 0.425. The van der Waals surface area contributed by atoms with Crippen LogP contribution in [0.2, 0.25) is 0 Å². The zero-order chi connectivity index (χ0) is 11.5. The van der Waals surface area contributed by atoms with Gasteiger partial charge in [-0.05, 0) is 36.3 Å². The minimum absolute atomic E-state index is 0.425. The first-order valence-electron chi connectivity index (χ1n) is 5.77. The highest BCUT2D eigenvalue weighted by Crippen LogP contribution is 2.35. The summed E-state index contributed by atoms with van der Waals surface area (Å²) in [6.07, 6.45) is 3.93. The number of anilines is 2. The van der Waals surface area contributed by atoms with Crippen molar-refractivity contribution < 1.29 is 4.74 Å². The average Bonchev–Trinajstić information content (AvgIpc) is 2.33. The third-order valence-electron chi connectivity index (χ3n) is 3.52. The van der Waals surface area contributed by atoms with Crippen LogP contribution in [0.1, 0.15) is 31.2 Å². The lowest BCUT2D eigenvalue weighted by atomic mass is 9.82. The predicted molar refractivity (Wildman–Crippen MR) is 65.0 cm³/mol. The highest BCUT2D eigenvalue weighted by Gasteiger charge is 2.23. The largest absolute Gasteiger partial charge is 0.396 e. The van der Waals surface area contributed by atoms with Gasteiger partial charge in [-0.3, -0.25) is 0 Å². The molecule has 4 nitrogen and oxygen atoms in total. The number of hydrogen-bond donors (Lipinski definition) is 2. The van der Waals surface area contributed by atoms with Crippen LogP contribution in [0, 0.1) is 5.92 Å². The second-order valence-corrected chi connectivity index (χ2v) is 4.44. The van der Waals surface area contributed by atoms with E-state index in [1.54, 1.807) is 6.20 Å². The zero-order valence-corrected chi connectivity index (χ0v) is 9.65. The van der Waals surface area contributed by atoms with Crippen LogP contribution >= 0.6 is 0 Å². The fourth-order valence-electron chi connectivity index (χ4n) is 2.37. The van der Waals surface area contributed by atoms with Crippen molar-refractivity contribution in [1.29, 1.82) is 0 Å². The molecule has 1 aliphatic heterocycles. The number of pyridine rings is 1. The van der Waals surface area contributed by atoms with E-state index in [-0.39, 0.29) is 0 Å². The summed E-state index contributed by atoms with van der Waals surface area (Å²) < 4.78 is 5.37. The molecule has 88 valence electrons. The molecule has 0 saturated carbocycles. The van der Waals surface area contributed by atoms with Gasteiger partial charge in [0.05, 0.1) is 5.69 Å². The Morgan fingerprint density at radius 2 is 2.06 bits per heavy atom. The standard InChI is InChI=1S/C12H19N3O/c1-8(9-3-6-16-7-4-9)10-2-5-15-12(14)11(10)13/h2,5,8-9H,3-4,6-7,13H2,1H3,(H2,14,15). The van der Waals surface area contributed by atoms with E-state index in [1.165, 1.54) is 0 Å². The normalized spacial score (nSPS) is 19.6. The van der Waals surface area contributed by atoms with Crippen molar-refractivity contribution in [1.82, 2.24) is 4.98 Å². The SMILES string of the molecule is CC(c1ccnc(N)c1N)C1CCOCC1. The fraction of sp³-hybridized carbons (Fsp3) is 0.583. The molecule has 2 rings (SSSR count). The first kappa shape index (κ1) is 11.2. The summed E-state index contributed by atoms with van der Waals surface area (Å²) in [4.78, 5) is 3.99. The minimum Gasteiger partial charge on any atom is -0.396 e. The number of aromatic nitrogens is 1. The molecule has 0 amide bonds. The van der Waals surface area contributed by atoms with Crippen LogP contribution in [0.15, 0.2) is 12.3 Å². The third kappa shape index (κ3) is 2.11. The summed E-state index contributed by atoms with van der Waals surface area (Å²) in [5.41, 5.74) is 13.5. The molecule has 1 fully saturated rings. The molecular formula is C12H19N3O. The van der Waals surface area contributed by atoms with Crippen molar-refractivity contribution in [3.05, 3.63) is 17.8 Å². The van der Waals surface area contributed by atoms with Gasteiger partial charge in [-0.15, -0.1) is 0 Å². The number of nitrogens with two attached hydrogens (primary N) is 2. The van der Waals surface area contributed by atoms with Crippen LogP contribution in [0.5, 0.6) is 0 Å². The lowest BCUT2D eigenvalue weighted by Crippen LogP contribution is -2.21. The van der Waals surface area contributed by atoms with E-state index in [1.807, 2.05) is 6.07 Å². The lowest BCUT2D eigenvalue weighted by Gasteiger charge is -2.28. The number of nitrogens with zero attached hydrogens (tertiary/aromatic N) is 1. The van der Waals surface area contributed by atoms with E-state index in [0.717, 1.165) is 31.6 Å². The summed E-state index contributed by atoms with van der Waals surface area (Å²) in [5, 5.41) is 0. The Bertz CT molecular complexity index is 361. The van der Waals surface area contributed by atoms with Gasteiger partial charge < -0.3 is 16.2 Å². The molecule has 0 aromatic carbocycles. The Morgan fingerprint density at radius 1 is 1.38 bits per heavy atom. The molecule has 0 aliphatic carbocycles. The van der Waals surface area contributed by atoms with Gasteiger partial charge in [-0.1, -0.05) is 6.92 Å². The molecule has 4 N–H and O–H groups in total. The molecule has 0 spiro atoms. The van der Waals surface area contributed by atoms with Crippen molar-refractivity contribution in [3.8, 4) is 0 Å². The van der Waals surface area contributed by atoms with Crippen molar-refractivity contribution >= 4 is 11.5 Å². The highest BCUT2D eigenvalue weighted by molar-refractivity contribution is 5.63. The van der Waals surface area contributed by atoms with E-state index in [0.29, 0.717) is 23.3 Å². The van der Waals surface area contributed by atoms with E-state index in [2.05, 4.69) is 11.9 Å². The van der Waals surface area contributed by atoms with Gasteiger partial charge in [-0.25, -0.2) is 4.98 Å². The van der Waals surface area contributed by atoms with E-state index in [4.69, 9.17) is 16.2 Å². The second kappa shape index (κ2) is 4.70. The molecular weight excluding hydrogens is 202 g/mol. The van der Waals surface area contributed by atoms with Crippen molar-refractivity contribution in [2.24, 2.45) is 5.92 Å². The van der Waals surface area contributed by atoms with Crippen LogP contribution in [0.4, 0.5) is 11.5 Å². The number of ether oxygens (including phenoxy) is 1. The van der Waals surface area contributed by atoms with Gasteiger partial charge in [0.25, 0.3) is 0 Å². The Balaban J connectivity index is 2.19. The Labute approximate surface area is 96.0 Å². The molecule has 1 aromatic rings. The molecule has 0 bridgehead atoms. The van der Waals surface area contributed by atoms with E-state index >= 15 is 0 Å². The first-order chi connectivity index (χ1) is 7.70. The maximum Gasteiger partial charge on any atom is 0.146 e. The highest BCUT2D eigenvalue weighted by atomic mass is 16.5. The summed E-state index contributed by atoms with van der Waals surface area (Å²) in [6, 6.07) is 1.98. The van der Waals surface area contributed by atoms with E-state index < -0.39 is 0 Å². The molecule has 1 aliphatic rings. The number of nitrogen functional groups attached to an aromatic ring is 2. The van der Waals surface area contributed by atoms with Crippen LogP contribution in [-0.4, -0.2) is 18.2 Å². The molecule has 1 saturated heterocycles. The van der Waals surface area contributed by atoms with Crippen LogP contribution in [0.3, 0.4) is 0 Å². The summed E-state index contributed by atoms with van der Waals surface area (Å²) in [7, 11) is 0. The maximum atomic E-state index is 5.97. The van der Waals surface area contributed by atoms with Crippen LogP contribution < -0.4 is 11.5 Å². The summed E-state index contributed by atoms with van der Waals surface area (Å²) in [5.74, 6) is 1.50. The summed E-state index contributed by atoms with van der Waals surface area (Å²) in [6.45, 7) is 3.92. The second-order valence-electron chi connectivity index (χ2n) is 4.44. The van der Waals surface area contributed by atoms with Gasteiger partial charge in [-0.2, -0.15) is 0 Å². The van der Waals surface area contributed by atoms with Gasteiger partial charge in [0.1, 0.15) is 5.82 Å². The van der Waals surface area contributed by atoms with Gasteiger partial charge in [0.15, 0.2) is 0 Å². The smallest absolute Gasteiger partial charge is 0.146 e. The Morgan fingerprint density at radius 3 is 2.75 bits per heavy atom. The fourth-order valence-corrected chi connectivity index (χ4v) is 2.37. The molecule has 16 heavy (non-hydrogen) atoms. The quantitative estimate of drug-likeness (QED) is 0.798. The van der Waals surface area contributed by atoms with Crippen molar-refractivity contribution in [2.75, 3.05) is 24.7 Å². The van der Waals surface area contributed by atoms with Crippen LogP contribution in [-0.2, 0) is 4.74 Å². The van der Waals surface area contributed by atoms with E-state index in [9.17, 15) is 0 Å². The molecule has 2 heterocycles. The Hall–Kier alpha value is -1.29. The summed E-state index contributed by atoms with van der Waals surface area (Å²) >= 11 is 0. The topological polar surface area (TPSA) is 74.2 Å². The molecule has 1 unspecified atom stereocenters. The monoisotopic (exact) mass is 221 g/mol. The van der Waals surface area contributed by atoms with Crippen molar-refractivity contribution in [2.45, 2.75) is 25.7 Å². The van der Waals surface area contributed by atoms with Crippen molar-refractivity contribution in [3.63, 3.8) is 0 Å². The molecule has 4 heteroatoms. The van der Waals surface area contributed by atoms with Gasteiger partial charge >= 0.3 is 0 Å². The third-order valence-corrected chi connectivity index (χ3v) is 3.52.